The average Bonchev–Trinajstić information content (AvgIpc) is 2.53. The number of benzene rings is 2. The van der Waals surface area contributed by atoms with E-state index in [1.807, 2.05) is 13.8 Å². The van der Waals surface area contributed by atoms with Gasteiger partial charge in [0.15, 0.2) is 12.4 Å². The highest BCUT2D eigenvalue weighted by molar-refractivity contribution is 9.10. The Morgan fingerprint density at radius 2 is 1.88 bits per heavy atom. The van der Waals surface area contributed by atoms with Crippen LogP contribution in [0, 0.1) is 0 Å². The molecule has 2 aromatic rings. The summed E-state index contributed by atoms with van der Waals surface area (Å²) < 4.78 is 6.01. The molecule has 0 aliphatic carbocycles. The third kappa shape index (κ3) is 5.62. The van der Waals surface area contributed by atoms with Crippen molar-refractivity contribution in [3.63, 3.8) is 0 Å². The third-order valence-corrected chi connectivity index (χ3v) is 4.26. The van der Waals surface area contributed by atoms with Crippen LogP contribution in [0.5, 0.6) is 5.75 Å². The molecule has 0 atom stereocenters. The van der Waals surface area contributed by atoms with Crippen molar-refractivity contribution in [1.82, 2.24) is 5.32 Å². The Morgan fingerprint density at radius 1 is 1.19 bits per heavy atom. The first kappa shape index (κ1) is 20.6. The van der Waals surface area contributed by atoms with Crippen molar-refractivity contribution in [2.45, 2.75) is 19.9 Å². The van der Waals surface area contributed by atoms with Crippen LogP contribution in [0.3, 0.4) is 0 Å². The van der Waals surface area contributed by atoms with E-state index in [0.29, 0.717) is 26.5 Å². The van der Waals surface area contributed by atoms with Crippen LogP contribution < -0.4 is 15.4 Å². The molecule has 26 heavy (non-hydrogen) atoms. The van der Waals surface area contributed by atoms with E-state index < -0.39 is 5.91 Å². The maximum Gasteiger partial charge on any atom is 0.262 e. The zero-order valence-electron chi connectivity index (χ0n) is 14.1. The van der Waals surface area contributed by atoms with E-state index in [1.165, 1.54) is 6.07 Å². The minimum atomic E-state index is -0.423. The van der Waals surface area contributed by atoms with Gasteiger partial charge in [-0.25, -0.2) is 0 Å². The number of anilines is 1. The predicted octanol–water partition coefficient (Wildman–Crippen LogP) is 4.91. The second-order valence-corrected chi connectivity index (χ2v) is 7.41. The maximum atomic E-state index is 12.2. The van der Waals surface area contributed by atoms with Gasteiger partial charge < -0.3 is 15.4 Å². The molecule has 0 aliphatic heterocycles. The van der Waals surface area contributed by atoms with Crippen LogP contribution >= 0.6 is 39.1 Å². The molecule has 0 bridgehead atoms. The van der Waals surface area contributed by atoms with E-state index in [2.05, 4.69) is 26.6 Å². The van der Waals surface area contributed by atoms with Crippen molar-refractivity contribution in [3.05, 3.63) is 56.5 Å². The van der Waals surface area contributed by atoms with Crippen LogP contribution in [0.4, 0.5) is 5.69 Å². The lowest BCUT2D eigenvalue weighted by atomic mass is 10.1. The summed E-state index contributed by atoms with van der Waals surface area (Å²) in [6.07, 6.45) is 0. The Kier molecular flexibility index (Phi) is 7.32. The highest BCUT2D eigenvalue weighted by Gasteiger charge is 2.15. The number of hydrogen-bond donors (Lipinski definition) is 2. The summed E-state index contributed by atoms with van der Waals surface area (Å²) >= 11 is 15.2. The number of ether oxygens (including phenoxy) is 1. The standard InChI is InChI=1S/C18H17BrCl2N2O3/c1-10(2)22-18(25)12-5-3-4-6-15(12)23-16(24)9-26-17-13(19)7-11(20)8-14(17)21/h3-8,10H,9H2,1-2H3,(H,22,25)(H,23,24). The quantitative estimate of drug-likeness (QED) is 0.644. The molecular formula is C18H17BrCl2N2O3. The molecule has 138 valence electrons. The van der Waals surface area contributed by atoms with E-state index in [1.54, 1.807) is 30.3 Å². The summed E-state index contributed by atoms with van der Waals surface area (Å²) in [6.45, 7) is 3.45. The van der Waals surface area contributed by atoms with Crippen molar-refractivity contribution in [3.8, 4) is 5.75 Å². The Labute approximate surface area is 170 Å². The summed E-state index contributed by atoms with van der Waals surface area (Å²) in [5, 5.41) is 6.20. The van der Waals surface area contributed by atoms with Gasteiger partial charge in [0.1, 0.15) is 0 Å². The molecule has 0 aromatic heterocycles. The SMILES string of the molecule is CC(C)NC(=O)c1ccccc1NC(=O)COc1c(Cl)cc(Cl)cc1Br. The maximum absolute atomic E-state index is 12.2. The fourth-order valence-corrected chi connectivity index (χ4v) is 3.49. The van der Waals surface area contributed by atoms with E-state index in [4.69, 9.17) is 27.9 Å². The second kappa shape index (κ2) is 9.26. The molecule has 0 saturated heterocycles. The van der Waals surface area contributed by atoms with Crippen molar-refractivity contribution < 1.29 is 14.3 Å². The average molecular weight is 460 g/mol. The van der Waals surface area contributed by atoms with Gasteiger partial charge in [-0.3, -0.25) is 9.59 Å². The number of para-hydroxylation sites is 1. The highest BCUT2D eigenvalue weighted by atomic mass is 79.9. The van der Waals surface area contributed by atoms with Crippen molar-refractivity contribution in [2.75, 3.05) is 11.9 Å². The van der Waals surface area contributed by atoms with Gasteiger partial charge in [0, 0.05) is 11.1 Å². The van der Waals surface area contributed by atoms with Crippen molar-refractivity contribution in [2.24, 2.45) is 0 Å². The summed E-state index contributed by atoms with van der Waals surface area (Å²) in [6, 6.07) is 9.87. The number of carbonyl (C=O) groups excluding carboxylic acids is 2. The van der Waals surface area contributed by atoms with Crippen LogP contribution in [0.15, 0.2) is 40.9 Å². The molecule has 2 rings (SSSR count). The summed E-state index contributed by atoms with van der Waals surface area (Å²) in [4.78, 5) is 24.4. The van der Waals surface area contributed by atoms with E-state index in [0.717, 1.165) is 0 Å². The topological polar surface area (TPSA) is 67.4 Å². The molecule has 2 amide bonds. The Morgan fingerprint density at radius 3 is 2.54 bits per heavy atom. The van der Waals surface area contributed by atoms with E-state index >= 15 is 0 Å². The molecule has 5 nitrogen and oxygen atoms in total. The summed E-state index contributed by atoms with van der Waals surface area (Å²) in [7, 11) is 0. The summed E-state index contributed by atoms with van der Waals surface area (Å²) in [5.74, 6) is -0.370. The Bertz CT molecular complexity index is 805. The molecule has 0 unspecified atom stereocenters. The van der Waals surface area contributed by atoms with Gasteiger partial charge >= 0.3 is 0 Å². The number of nitrogens with one attached hydrogen (secondary N) is 2. The monoisotopic (exact) mass is 458 g/mol. The number of carbonyl (C=O) groups is 2. The number of hydrogen-bond acceptors (Lipinski definition) is 3. The lowest BCUT2D eigenvalue weighted by molar-refractivity contribution is -0.118. The number of amides is 2. The van der Waals surface area contributed by atoms with E-state index in [-0.39, 0.29) is 23.6 Å². The molecule has 0 saturated carbocycles. The molecule has 0 radical (unpaired) electrons. The second-order valence-electron chi connectivity index (χ2n) is 5.71. The normalized spacial score (nSPS) is 10.5. The van der Waals surface area contributed by atoms with Gasteiger partial charge in [0.25, 0.3) is 11.8 Å². The fraction of sp³-hybridized carbons (Fsp3) is 0.222. The van der Waals surface area contributed by atoms with Crippen LogP contribution in [0.25, 0.3) is 0 Å². The Balaban J connectivity index is 2.06. The van der Waals surface area contributed by atoms with Crippen LogP contribution in [0.2, 0.25) is 10.0 Å². The first-order valence-corrected chi connectivity index (χ1v) is 9.30. The molecular weight excluding hydrogens is 443 g/mol. The minimum absolute atomic E-state index is 0.0148. The number of rotatable bonds is 6. The van der Waals surface area contributed by atoms with Crippen LogP contribution in [0.1, 0.15) is 24.2 Å². The molecule has 0 heterocycles. The fourth-order valence-electron chi connectivity index (χ4n) is 2.12. The molecule has 2 N–H and O–H groups in total. The van der Waals surface area contributed by atoms with Gasteiger partial charge in [-0.15, -0.1) is 0 Å². The van der Waals surface area contributed by atoms with Gasteiger partial charge in [-0.1, -0.05) is 35.3 Å². The van der Waals surface area contributed by atoms with Gasteiger partial charge in [0.2, 0.25) is 0 Å². The first-order valence-electron chi connectivity index (χ1n) is 7.75. The van der Waals surface area contributed by atoms with Crippen molar-refractivity contribution >= 4 is 56.6 Å². The molecule has 8 heteroatoms. The molecule has 2 aromatic carbocycles. The van der Waals surface area contributed by atoms with Crippen LogP contribution in [-0.2, 0) is 4.79 Å². The van der Waals surface area contributed by atoms with Crippen molar-refractivity contribution in [1.29, 1.82) is 0 Å². The minimum Gasteiger partial charge on any atom is -0.481 e. The Hall–Kier alpha value is -1.76. The smallest absolute Gasteiger partial charge is 0.262 e. The molecule has 0 fully saturated rings. The molecule has 0 spiro atoms. The zero-order valence-corrected chi connectivity index (χ0v) is 17.2. The van der Waals surface area contributed by atoms with Gasteiger partial charge in [-0.2, -0.15) is 0 Å². The predicted molar refractivity (Wildman–Crippen MR) is 107 cm³/mol. The van der Waals surface area contributed by atoms with Gasteiger partial charge in [-0.05, 0) is 54.0 Å². The first-order chi connectivity index (χ1) is 12.3. The van der Waals surface area contributed by atoms with Crippen LogP contribution in [-0.4, -0.2) is 24.5 Å². The third-order valence-electron chi connectivity index (χ3n) is 3.18. The lowest BCUT2D eigenvalue weighted by Crippen LogP contribution is -2.31. The highest BCUT2D eigenvalue weighted by Crippen LogP contribution is 2.36. The zero-order chi connectivity index (χ0) is 19.3. The lowest BCUT2D eigenvalue weighted by Gasteiger charge is -2.14. The number of halogens is 3. The largest absolute Gasteiger partial charge is 0.481 e. The van der Waals surface area contributed by atoms with Gasteiger partial charge in [0.05, 0.1) is 20.7 Å². The van der Waals surface area contributed by atoms with E-state index in [9.17, 15) is 9.59 Å². The molecule has 0 aliphatic rings. The summed E-state index contributed by atoms with van der Waals surface area (Å²) in [5.41, 5.74) is 0.778.